The van der Waals surface area contributed by atoms with Crippen LogP contribution in [0.3, 0.4) is 0 Å². The van der Waals surface area contributed by atoms with Crippen molar-refractivity contribution < 1.29 is 5.11 Å². The van der Waals surface area contributed by atoms with Gasteiger partial charge in [-0.2, -0.15) is 0 Å². The number of phenols is 1. The molecule has 4 heterocycles. The van der Waals surface area contributed by atoms with E-state index >= 15 is 0 Å². The molecule has 0 saturated carbocycles. The van der Waals surface area contributed by atoms with Crippen LogP contribution < -0.4 is 10.2 Å². The molecule has 3 aromatic heterocycles. The summed E-state index contributed by atoms with van der Waals surface area (Å²) in [5, 5.41) is 14.8. The van der Waals surface area contributed by atoms with Crippen molar-refractivity contribution in [3.8, 4) is 10.9 Å². The third kappa shape index (κ3) is 3.44. The number of phenolic OH excluding ortho intramolecular Hbond substituents is 1. The van der Waals surface area contributed by atoms with Gasteiger partial charge in [0.15, 0.2) is 10.2 Å². The topological polar surface area (TPSA) is 66.2 Å². The van der Waals surface area contributed by atoms with Crippen molar-refractivity contribution in [3.05, 3.63) is 103 Å². The Morgan fingerprint density at radius 1 is 0.939 bits per heavy atom. The normalized spacial score (nSPS) is 18.1. The highest BCUT2D eigenvalue weighted by Gasteiger charge is 2.42. The van der Waals surface area contributed by atoms with Gasteiger partial charge in [0.1, 0.15) is 11.8 Å². The minimum atomic E-state index is -0.168. The number of hydrogen-bond donors (Lipinski definition) is 2. The number of benzene rings is 2. The zero-order valence-corrected chi connectivity index (χ0v) is 19.0. The van der Waals surface area contributed by atoms with Crippen molar-refractivity contribution in [1.29, 1.82) is 0 Å². The number of nitrogens with one attached hydrogen (secondary N) is 1. The minimum Gasteiger partial charge on any atom is -0.508 e. The van der Waals surface area contributed by atoms with Crippen LogP contribution in [0.15, 0.2) is 91.3 Å². The molecule has 1 aliphatic heterocycles. The van der Waals surface area contributed by atoms with Gasteiger partial charge < -0.3 is 15.3 Å². The number of para-hydroxylation sites is 1. The van der Waals surface area contributed by atoms with Crippen LogP contribution in [0.1, 0.15) is 23.5 Å². The molecule has 2 aromatic carbocycles. The van der Waals surface area contributed by atoms with Gasteiger partial charge in [-0.1, -0.05) is 29.5 Å². The van der Waals surface area contributed by atoms with Gasteiger partial charge in [0, 0.05) is 18.1 Å². The average molecular weight is 470 g/mol. The fourth-order valence-electron chi connectivity index (χ4n) is 4.32. The highest BCUT2D eigenvalue weighted by molar-refractivity contribution is 7.80. The van der Waals surface area contributed by atoms with Crippen LogP contribution >= 0.6 is 23.6 Å². The summed E-state index contributed by atoms with van der Waals surface area (Å²) in [5.41, 5.74) is 3.83. The number of pyridine rings is 1. The summed E-state index contributed by atoms with van der Waals surface area (Å²) >= 11 is 7.45. The van der Waals surface area contributed by atoms with Crippen LogP contribution in [-0.4, -0.2) is 24.8 Å². The van der Waals surface area contributed by atoms with Crippen molar-refractivity contribution in [2.75, 3.05) is 4.90 Å². The standard InChI is InChI=1S/C25H19N5OS2/c31-17-12-10-16(11-13-17)30-23(22(28-24(30)32)19-7-3-4-14-26-19)20-8-5-15-29(20)25-27-18-6-1-2-9-21(18)33-25/h1-15,22-23,31H,(H,28,32). The second-order valence-electron chi connectivity index (χ2n) is 7.78. The number of anilines is 1. The number of rotatable bonds is 4. The Bertz CT molecular complexity index is 1410. The SMILES string of the molecule is Oc1ccc(N2C(=S)NC(c3ccccn3)C2c2cccn2-c2nc3ccccc3s2)cc1. The van der Waals surface area contributed by atoms with Gasteiger partial charge in [0.05, 0.1) is 27.6 Å². The van der Waals surface area contributed by atoms with Crippen molar-refractivity contribution in [3.63, 3.8) is 0 Å². The summed E-state index contributed by atoms with van der Waals surface area (Å²) in [7, 11) is 0. The Morgan fingerprint density at radius 2 is 1.76 bits per heavy atom. The molecule has 6 rings (SSSR count). The molecule has 5 aromatic rings. The molecule has 2 atom stereocenters. The second kappa shape index (κ2) is 7.99. The van der Waals surface area contributed by atoms with E-state index in [2.05, 4.69) is 31.9 Å². The summed E-state index contributed by atoms with van der Waals surface area (Å²) < 4.78 is 3.28. The van der Waals surface area contributed by atoms with E-state index in [4.69, 9.17) is 17.2 Å². The summed E-state index contributed by atoms with van der Waals surface area (Å²) in [6.07, 6.45) is 3.84. The molecule has 8 heteroatoms. The molecular weight excluding hydrogens is 450 g/mol. The highest BCUT2D eigenvalue weighted by atomic mass is 32.1. The molecule has 2 N–H and O–H groups in total. The first-order chi connectivity index (χ1) is 16.2. The van der Waals surface area contributed by atoms with Gasteiger partial charge >= 0.3 is 0 Å². The molecule has 1 aliphatic rings. The van der Waals surface area contributed by atoms with E-state index in [0.29, 0.717) is 5.11 Å². The van der Waals surface area contributed by atoms with E-state index in [-0.39, 0.29) is 17.8 Å². The maximum absolute atomic E-state index is 9.82. The van der Waals surface area contributed by atoms with E-state index in [1.165, 1.54) is 0 Å². The Morgan fingerprint density at radius 3 is 2.55 bits per heavy atom. The van der Waals surface area contributed by atoms with Crippen LogP contribution in [-0.2, 0) is 0 Å². The lowest BCUT2D eigenvalue weighted by Gasteiger charge is -2.28. The van der Waals surface area contributed by atoms with Gasteiger partial charge in [-0.25, -0.2) is 4.98 Å². The number of hydrogen-bond acceptors (Lipinski definition) is 5. The molecule has 0 radical (unpaired) electrons. The van der Waals surface area contributed by atoms with Crippen LogP contribution in [0.4, 0.5) is 5.69 Å². The lowest BCUT2D eigenvalue weighted by atomic mass is 10.0. The molecule has 2 unspecified atom stereocenters. The largest absolute Gasteiger partial charge is 0.508 e. The molecule has 0 spiro atoms. The number of aromatic hydroxyl groups is 1. The average Bonchev–Trinajstić information content (AvgIpc) is 3.56. The van der Waals surface area contributed by atoms with E-state index in [9.17, 15) is 5.11 Å². The fourth-order valence-corrected chi connectivity index (χ4v) is 5.64. The fraction of sp³-hybridized carbons (Fsp3) is 0.0800. The maximum Gasteiger partial charge on any atom is 0.194 e. The van der Waals surface area contributed by atoms with Gasteiger partial charge in [-0.15, -0.1) is 0 Å². The van der Waals surface area contributed by atoms with E-state index in [0.717, 1.165) is 32.4 Å². The minimum absolute atomic E-state index is 0.157. The summed E-state index contributed by atoms with van der Waals surface area (Å²) in [6, 6.07) is 25.0. The molecule has 0 aliphatic carbocycles. The Kier molecular flexibility index (Phi) is 4.82. The first kappa shape index (κ1) is 19.9. The van der Waals surface area contributed by atoms with Crippen molar-refractivity contribution in [2.45, 2.75) is 12.1 Å². The van der Waals surface area contributed by atoms with E-state index < -0.39 is 0 Å². The smallest absolute Gasteiger partial charge is 0.194 e. The van der Waals surface area contributed by atoms with Crippen molar-refractivity contribution >= 4 is 44.6 Å². The van der Waals surface area contributed by atoms with Crippen LogP contribution in [0.5, 0.6) is 5.75 Å². The first-order valence-electron chi connectivity index (χ1n) is 10.5. The van der Waals surface area contributed by atoms with Gasteiger partial charge in [0.2, 0.25) is 0 Å². The molecule has 6 nitrogen and oxygen atoms in total. The van der Waals surface area contributed by atoms with Crippen LogP contribution in [0.2, 0.25) is 0 Å². The lowest BCUT2D eigenvalue weighted by molar-refractivity contribution is 0.475. The van der Waals surface area contributed by atoms with Crippen molar-refractivity contribution in [1.82, 2.24) is 19.9 Å². The predicted octanol–water partition coefficient (Wildman–Crippen LogP) is 5.36. The predicted molar refractivity (Wildman–Crippen MR) is 135 cm³/mol. The highest BCUT2D eigenvalue weighted by Crippen LogP contribution is 2.43. The third-order valence-corrected chi connectivity index (χ3v) is 7.15. The number of nitrogens with zero attached hydrogens (tertiary/aromatic N) is 4. The third-order valence-electron chi connectivity index (χ3n) is 5.80. The first-order valence-corrected chi connectivity index (χ1v) is 11.7. The van der Waals surface area contributed by atoms with Gasteiger partial charge in [-0.05, 0) is 72.9 Å². The molecular formula is C25H19N5OS2. The van der Waals surface area contributed by atoms with E-state index in [1.54, 1.807) is 29.7 Å². The Labute approximate surface area is 199 Å². The number of thiocarbonyl (C=S) groups is 1. The molecule has 33 heavy (non-hydrogen) atoms. The second-order valence-corrected chi connectivity index (χ2v) is 9.18. The van der Waals surface area contributed by atoms with Crippen LogP contribution in [0.25, 0.3) is 15.3 Å². The zero-order chi connectivity index (χ0) is 22.4. The molecule has 0 bridgehead atoms. The van der Waals surface area contributed by atoms with Gasteiger partial charge in [-0.3, -0.25) is 9.55 Å². The Hall–Kier alpha value is -3.75. The molecule has 1 fully saturated rings. The zero-order valence-electron chi connectivity index (χ0n) is 17.4. The number of fused-ring (bicyclic) bond motifs is 1. The molecule has 1 saturated heterocycles. The lowest BCUT2D eigenvalue weighted by Crippen LogP contribution is -2.30. The molecule has 162 valence electrons. The van der Waals surface area contributed by atoms with Crippen LogP contribution in [0, 0.1) is 0 Å². The van der Waals surface area contributed by atoms with E-state index in [1.807, 2.05) is 60.8 Å². The van der Waals surface area contributed by atoms with Gasteiger partial charge in [0.25, 0.3) is 0 Å². The Balaban J connectivity index is 1.51. The quantitative estimate of drug-likeness (QED) is 0.345. The number of aromatic nitrogens is 3. The summed E-state index contributed by atoms with van der Waals surface area (Å²) in [5.74, 6) is 0.215. The number of thiazole rings is 1. The summed E-state index contributed by atoms with van der Waals surface area (Å²) in [6.45, 7) is 0. The monoisotopic (exact) mass is 469 g/mol. The maximum atomic E-state index is 9.82. The summed E-state index contributed by atoms with van der Waals surface area (Å²) in [4.78, 5) is 11.6. The van der Waals surface area contributed by atoms with Crippen molar-refractivity contribution in [2.24, 2.45) is 0 Å². The molecule has 0 amide bonds.